The van der Waals surface area contributed by atoms with Crippen LogP contribution in [0.15, 0.2) is 12.7 Å². The molecule has 0 aromatic rings. The minimum absolute atomic E-state index is 0.208. The molecule has 1 rings (SSSR count). The molecule has 0 aromatic carbocycles. The second kappa shape index (κ2) is 4.77. The third-order valence-electron chi connectivity index (χ3n) is 2.63. The number of amides is 1. The van der Waals surface area contributed by atoms with Gasteiger partial charge in [-0.1, -0.05) is 6.08 Å². The Bertz CT molecular complexity index is 332. The number of aliphatic carboxylic acids is 1. The molecular formula is C12H19NO4. The lowest BCUT2D eigenvalue weighted by Gasteiger charge is -2.27. The van der Waals surface area contributed by atoms with Crippen molar-refractivity contribution < 1.29 is 19.4 Å². The average Bonchev–Trinajstić information content (AvgIpc) is 2.57. The highest BCUT2D eigenvalue weighted by molar-refractivity contribution is 5.81. The van der Waals surface area contributed by atoms with Crippen LogP contribution in [0.5, 0.6) is 0 Å². The van der Waals surface area contributed by atoms with Crippen LogP contribution in [0, 0.1) is 5.92 Å². The Kier molecular flexibility index (Phi) is 3.80. The summed E-state index contributed by atoms with van der Waals surface area (Å²) in [5, 5.41) is 9.14. The zero-order chi connectivity index (χ0) is 13.2. The molecule has 96 valence electrons. The molecule has 1 heterocycles. The van der Waals surface area contributed by atoms with Crippen LogP contribution in [0.25, 0.3) is 0 Å². The summed E-state index contributed by atoms with van der Waals surface area (Å²) < 4.78 is 5.18. The zero-order valence-corrected chi connectivity index (χ0v) is 10.5. The number of carbonyl (C=O) groups excluding carboxylic acids is 1. The van der Waals surface area contributed by atoms with E-state index in [0.717, 1.165) is 0 Å². The molecule has 0 aliphatic carbocycles. The highest BCUT2D eigenvalue weighted by Gasteiger charge is 2.42. The van der Waals surface area contributed by atoms with Crippen LogP contribution in [-0.4, -0.2) is 40.3 Å². The lowest BCUT2D eigenvalue weighted by Crippen LogP contribution is -2.45. The third-order valence-corrected chi connectivity index (χ3v) is 2.63. The summed E-state index contributed by atoms with van der Waals surface area (Å²) in [4.78, 5) is 24.3. The standard InChI is InChI=1S/C12H19NO4/c1-5-8-6-7-13(9(8)10(14)15)11(16)17-12(2,3)4/h5,8-9H,1,6-7H2,2-4H3,(H,14,15)/t8-,9+/m1/s1. The van der Waals surface area contributed by atoms with Crippen LogP contribution in [0.1, 0.15) is 27.2 Å². The maximum atomic E-state index is 11.8. The van der Waals surface area contributed by atoms with Crippen molar-refractivity contribution in [2.45, 2.75) is 38.8 Å². The second-order valence-electron chi connectivity index (χ2n) is 5.15. The number of ether oxygens (including phenoxy) is 1. The Morgan fingerprint density at radius 3 is 2.47 bits per heavy atom. The van der Waals surface area contributed by atoms with Crippen LogP contribution >= 0.6 is 0 Å². The van der Waals surface area contributed by atoms with E-state index >= 15 is 0 Å². The van der Waals surface area contributed by atoms with Crippen molar-refractivity contribution in [3.63, 3.8) is 0 Å². The second-order valence-corrected chi connectivity index (χ2v) is 5.15. The fraction of sp³-hybridized carbons (Fsp3) is 0.667. The van der Waals surface area contributed by atoms with Gasteiger partial charge < -0.3 is 9.84 Å². The van der Waals surface area contributed by atoms with Crippen molar-refractivity contribution in [3.05, 3.63) is 12.7 Å². The van der Waals surface area contributed by atoms with Gasteiger partial charge in [0.25, 0.3) is 0 Å². The van der Waals surface area contributed by atoms with Gasteiger partial charge in [0.1, 0.15) is 11.6 Å². The van der Waals surface area contributed by atoms with E-state index in [0.29, 0.717) is 13.0 Å². The quantitative estimate of drug-likeness (QED) is 0.749. The van der Waals surface area contributed by atoms with Gasteiger partial charge in [0.2, 0.25) is 0 Å². The van der Waals surface area contributed by atoms with Crippen molar-refractivity contribution >= 4 is 12.1 Å². The Labute approximate surface area is 101 Å². The highest BCUT2D eigenvalue weighted by atomic mass is 16.6. The lowest BCUT2D eigenvalue weighted by molar-refractivity contribution is -0.142. The van der Waals surface area contributed by atoms with E-state index in [1.165, 1.54) is 4.90 Å². The molecular weight excluding hydrogens is 222 g/mol. The fourth-order valence-electron chi connectivity index (χ4n) is 1.90. The van der Waals surface area contributed by atoms with Crippen LogP contribution in [0.3, 0.4) is 0 Å². The van der Waals surface area contributed by atoms with Gasteiger partial charge in [-0.2, -0.15) is 0 Å². The molecule has 0 unspecified atom stereocenters. The highest BCUT2D eigenvalue weighted by Crippen LogP contribution is 2.27. The first-order valence-corrected chi connectivity index (χ1v) is 5.61. The van der Waals surface area contributed by atoms with Gasteiger partial charge in [-0.3, -0.25) is 4.90 Å². The summed E-state index contributed by atoms with van der Waals surface area (Å²) in [6.45, 7) is 9.25. The van der Waals surface area contributed by atoms with E-state index in [4.69, 9.17) is 9.84 Å². The summed E-state index contributed by atoms with van der Waals surface area (Å²) in [6, 6.07) is -0.859. The fourth-order valence-corrected chi connectivity index (χ4v) is 1.90. The Hall–Kier alpha value is -1.52. The van der Waals surface area contributed by atoms with Crippen molar-refractivity contribution in [1.82, 2.24) is 4.90 Å². The number of rotatable bonds is 2. The lowest BCUT2D eigenvalue weighted by atomic mass is 10.0. The van der Waals surface area contributed by atoms with Gasteiger partial charge in [0.15, 0.2) is 0 Å². The van der Waals surface area contributed by atoms with Crippen molar-refractivity contribution in [2.24, 2.45) is 5.92 Å². The largest absolute Gasteiger partial charge is 0.480 e. The predicted molar refractivity (Wildman–Crippen MR) is 62.7 cm³/mol. The van der Waals surface area contributed by atoms with Gasteiger partial charge in [-0.05, 0) is 27.2 Å². The van der Waals surface area contributed by atoms with Crippen LogP contribution in [0.4, 0.5) is 4.79 Å². The molecule has 0 bridgehead atoms. The maximum absolute atomic E-state index is 11.8. The SMILES string of the molecule is C=C[C@@H]1CCN(C(=O)OC(C)(C)C)[C@@H]1C(=O)O. The number of hydrogen-bond acceptors (Lipinski definition) is 3. The van der Waals surface area contributed by atoms with E-state index in [9.17, 15) is 9.59 Å². The van der Waals surface area contributed by atoms with Crippen molar-refractivity contribution in [2.75, 3.05) is 6.54 Å². The van der Waals surface area contributed by atoms with E-state index in [1.807, 2.05) is 0 Å². The molecule has 5 heteroatoms. The number of nitrogens with zero attached hydrogens (tertiary/aromatic N) is 1. The van der Waals surface area contributed by atoms with Gasteiger partial charge in [0.05, 0.1) is 0 Å². The topological polar surface area (TPSA) is 66.8 Å². The first-order chi connectivity index (χ1) is 7.76. The average molecular weight is 241 g/mol. The van der Waals surface area contributed by atoms with Gasteiger partial charge in [-0.15, -0.1) is 6.58 Å². The number of carboxylic acids is 1. The Morgan fingerprint density at radius 2 is 2.06 bits per heavy atom. The number of likely N-dealkylation sites (tertiary alicyclic amines) is 1. The number of hydrogen-bond donors (Lipinski definition) is 1. The molecule has 0 radical (unpaired) electrons. The predicted octanol–water partition coefficient (Wildman–Crippen LogP) is 1.88. The van der Waals surface area contributed by atoms with Crippen molar-refractivity contribution in [1.29, 1.82) is 0 Å². The molecule has 1 aliphatic heterocycles. The molecule has 1 N–H and O–H groups in total. The first kappa shape index (κ1) is 13.5. The van der Waals surface area contributed by atoms with Crippen LogP contribution < -0.4 is 0 Å². The normalized spacial score (nSPS) is 24.5. The molecule has 17 heavy (non-hydrogen) atoms. The summed E-state index contributed by atoms with van der Waals surface area (Å²) in [7, 11) is 0. The van der Waals surface area contributed by atoms with Crippen LogP contribution in [-0.2, 0) is 9.53 Å². The van der Waals surface area contributed by atoms with Gasteiger partial charge in [-0.25, -0.2) is 9.59 Å². The third kappa shape index (κ3) is 3.22. The molecule has 0 saturated carbocycles. The first-order valence-electron chi connectivity index (χ1n) is 5.61. The molecule has 2 atom stereocenters. The number of carboxylic acid groups (broad SMARTS) is 1. The van der Waals surface area contributed by atoms with Gasteiger partial charge >= 0.3 is 12.1 Å². The molecule has 1 saturated heterocycles. The minimum Gasteiger partial charge on any atom is -0.480 e. The maximum Gasteiger partial charge on any atom is 0.411 e. The number of carbonyl (C=O) groups is 2. The van der Waals surface area contributed by atoms with Crippen LogP contribution in [0.2, 0.25) is 0 Å². The summed E-state index contributed by atoms with van der Waals surface area (Å²) >= 11 is 0. The zero-order valence-electron chi connectivity index (χ0n) is 10.5. The molecule has 1 aliphatic rings. The minimum atomic E-state index is -1.02. The monoisotopic (exact) mass is 241 g/mol. The van der Waals surface area contributed by atoms with Crippen molar-refractivity contribution in [3.8, 4) is 0 Å². The molecule has 5 nitrogen and oxygen atoms in total. The molecule has 1 amide bonds. The van der Waals surface area contributed by atoms with E-state index in [2.05, 4.69) is 6.58 Å². The summed E-state index contributed by atoms with van der Waals surface area (Å²) in [5.74, 6) is -1.22. The summed E-state index contributed by atoms with van der Waals surface area (Å²) in [5.41, 5.74) is -0.619. The molecule has 0 spiro atoms. The van der Waals surface area contributed by atoms with E-state index in [-0.39, 0.29) is 5.92 Å². The van der Waals surface area contributed by atoms with Gasteiger partial charge in [0, 0.05) is 12.5 Å². The summed E-state index contributed by atoms with van der Waals surface area (Å²) in [6.07, 6.45) is 1.62. The Morgan fingerprint density at radius 1 is 1.47 bits per heavy atom. The van der Waals surface area contributed by atoms with E-state index in [1.54, 1.807) is 26.8 Å². The molecule has 1 fully saturated rings. The van der Waals surface area contributed by atoms with E-state index < -0.39 is 23.7 Å². The Balaban J connectivity index is 2.80. The molecule has 0 aromatic heterocycles. The smallest absolute Gasteiger partial charge is 0.411 e.